The molecule has 30 heavy (non-hydrogen) atoms. The molecule has 1 fully saturated rings. The van der Waals surface area contributed by atoms with E-state index in [1.165, 1.54) is 6.07 Å². The largest absolute Gasteiger partial charge is 0.465 e. The van der Waals surface area contributed by atoms with Gasteiger partial charge in [0.1, 0.15) is 0 Å². The second-order valence-electron chi connectivity index (χ2n) is 7.34. The fraction of sp³-hybridized carbons (Fsp3) is 0.182. The van der Waals surface area contributed by atoms with Crippen molar-refractivity contribution in [1.29, 1.82) is 0 Å². The smallest absolute Gasteiger partial charge is 0.405 e. The molecule has 1 aliphatic rings. The first-order valence-electron chi connectivity index (χ1n) is 9.49. The average molecular weight is 405 g/mol. The van der Waals surface area contributed by atoms with Crippen LogP contribution in [0.1, 0.15) is 24.8 Å². The fourth-order valence-electron chi connectivity index (χ4n) is 3.90. The number of carbonyl (C=O) groups is 1. The van der Waals surface area contributed by atoms with E-state index in [1.807, 2.05) is 42.5 Å². The van der Waals surface area contributed by atoms with E-state index in [0.29, 0.717) is 16.8 Å². The van der Waals surface area contributed by atoms with Crippen LogP contribution in [0.25, 0.3) is 22.4 Å². The Bertz CT molecular complexity index is 1170. The van der Waals surface area contributed by atoms with Crippen molar-refractivity contribution in [3.63, 3.8) is 0 Å². The Balaban J connectivity index is 1.80. The summed E-state index contributed by atoms with van der Waals surface area (Å²) >= 11 is 0. The van der Waals surface area contributed by atoms with Gasteiger partial charge in [-0.2, -0.15) is 0 Å². The van der Waals surface area contributed by atoms with Crippen LogP contribution in [-0.4, -0.2) is 21.1 Å². The van der Waals surface area contributed by atoms with Crippen molar-refractivity contribution in [3.05, 3.63) is 86.7 Å². The molecule has 3 N–H and O–H groups in total. The van der Waals surface area contributed by atoms with E-state index in [9.17, 15) is 19.7 Å². The van der Waals surface area contributed by atoms with E-state index in [1.54, 1.807) is 12.1 Å². The zero-order valence-electron chi connectivity index (χ0n) is 15.9. The lowest BCUT2D eigenvalue weighted by molar-refractivity contribution is -0.386. The summed E-state index contributed by atoms with van der Waals surface area (Å²) in [5.41, 5.74) is 1.39. The minimum atomic E-state index is -1.06. The molecule has 0 unspecified atom stereocenters. The van der Waals surface area contributed by atoms with Crippen molar-refractivity contribution in [3.8, 4) is 22.4 Å². The molecule has 4 rings (SSSR count). The third-order valence-corrected chi connectivity index (χ3v) is 5.58. The molecule has 8 heteroatoms. The predicted octanol–water partition coefficient (Wildman–Crippen LogP) is 4.26. The number of nitrogens with one attached hydrogen (secondary N) is 2. The number of amides is 1. The van der Waals surface area contributed by atoms with Gasteiger partial charge in [-0.1, -0.05) is 54.6 Å². The highest BCUT2D eigenvalue weighted by molar-refractivity contribution is 5.82. The maximum absolute atomic E-state index is 12.3. The number of aromatic amines is 1. The van der Waals surface area contributed by atoms with Gasteiger partial charge in [-0.3, -0.25) is 14.9 Å². The van der Waals surface area contributed by atoms with Crippen LogP contribution in [0.4, 0.5) is 10.5 Å². The number of H-pyrrole nitrogens is 1. The van der Waals surface area contributed by atoms with Crippen LogP contribution < -0.4 is 10.9 Å². The summed E-state index contributed by atoms with van der Waals surface area (Å²) in [7, 11) is 0. The molecule has 3 aromatic rings. The Morgan fingerprint density at radius 1 is 1.07 bits per heavy atom. The number of pyridine rings is 1. The zero-order chi connectivity index (χ0) is 21.3. The molecule has 0 saturated heterocycles. The normalized spacial score (nSPS) is 14.5. The van der Waals surface area contributed by atoms with Crippen LogP contribution in [0.5, 0.6) is 0 Å². The second-order valence-corrected chi connectivity index (χ2v) is 7.34. The highest BCUT2D eigenvalue weighted by Crippen LogP contribution is 2.42. The lowest BCUT2D eigenvalue weighted by Crippen LogP contribution is -2.50. The number of aromatic nitrogens is 1. The SMILES string of the molecule is O=C(O)NC1(c2ccc(-c3[nH]c(=O)c([N+](=O)[O-])cc3-c3ccccc3)cc2)CCC1. The first-order chi connectivity index (χ1) is 14.4. The molecule has 0 spiro atoms. The summed E-state index contributed by atoms with van der Waals surface area (Å²) in [4.78, 5) is 36.7. The minimum absolute atomic E-state index is 0.470. The molecule has 1 aliphatic carbocycles. The number of carboxylic acid groups (broad SMARTS) is 1. The second kappa shape index (κ2) is 7.47. The van der Waals surface area contributed by atoms with Crippen LogP contribution in [0, 0.1) is 10.1 Å². The summed E-state index contributed by atoms with van der Waals surface area (Å²) in [6.45, 7) is 0. The molecular formula is C22H19N3O5. The highest BCUT2D eigenvalue weighted by atomic mass is 16.6. The van der Waals surface area contributed by atoms with Gasteiger partial charge >= 0.3 is 17.3 Å². The first kappa shape index (κ1) is 19.4. The highest BCUT2D eigenvalue weighted by Gasteiger charge is 2.40. The summed E-state index contributed by atoms with van der Waals surface area (Å²) in [6, 6.07) is 17.6. The molecule has 1 aromatic heterocycles. The Kier molecular flexibility index (Phi) is 4.83. The van der Waals surface area contributed by atoms with E-state index in [2.05, 4.69) is 10.3 Å². The van der Waals surface area contributed by atoms with Crippen molar-refractivity contribution in [2.45, 2.75) is 24.8 Å². The Labute approximate surface area is 171 Å². The van der Waals surface area contributed by atoms with Gasteiger partial charge in [-0.25, -0.2) is 4.79 Å². The van der Waals surface area contributed by atoms with E-state index >= 15 is 0 Å². The molecule has 1 saturated carbocycles. The fourth-order valence-corrected chi connectivity index (χ4v) is 3.90. The number of nitro groups is 1. The van der Waals surface area contributed by atoms with Crippen LogP contribution >= 0.6 is 0 Å². The van der Waals surface area contributed by atoms with Crippen molar-refractivity contribution in [2.24, 2.45) is 0 Å². The van der Waals surface area contributed by atoms with Gasteiger partial charge in [-0.15, -0.1) is 0 Å². The standard InChI is InChI=1S/C22H19N3O5/c26-20-18(25(29)30)13-17(14-5-2-1-3-6-14)19(23-20)15-7-9-16(10-8-15)22(11-4-12-22)24-21(27)28/h1-3,5-10,13,24H,4,11-12H2,(H,23,26)(H,27,28). The molecule has 0 radical (unpaired) electrons. The molecule has 0 atom stereocenters. The molecule has 8 nitrogen and oxygen atoms in total. The Morgan fingerprint density at radius 3 is 2.27 bits per heavy atom. The monoisotopic (exact) mass is 405 g/mol. The van der Waals surface area contributed by atoms with Crippen molar-refractivity contribution < 1.29 is 14.8 Å². The van der Waals surface area contributed by atoms with Gasteiger partial charge in [0.05, 0.1) is 16.2 Å². The third kappa shape index (κ3) is 3.43. The number of benzene rings is 2. The van der Waals surface area contributed by atoms with Gasteiger partial charge in [0.15, 0.2) is 0 Å². The minimum Gasteiger partial charge on any atom is -0.465 e. The van der Waals surface area contributed by atoms with Crippen LogP contribution in [0.2, 0.25) is 0 Å². The summed E-state index contributed by atoms with van der Waals surface area (Å²) < 4.78 is 0. The van der Waals surface area contributed by atoms with Crippen LogP contribution in [-0.2, 0) is 5.54 Å². The molecular weight excluding hydrogens is 386 g/mol. The van der Waals surface area contributed by atoms with E-state index in [0.717, 1.165) is 30.4 Å². The van der Waals surface area contributed by atoms with Gasteiger partial charge in [0.2, 0.25) is 0 Å². The molecule has 0 bridgehead atoms. The third-order valence-electron chi connectivity index (χ3n) is 5.58. The van der Waals surface area contributed by atoms with Crippen LogP contribution in [0.15, 0.2) is 65.5 Å². The zero-order valence-corrected chi connectivity index (χ0v) is 15.9. The molecule has 152 valence electrons. The van der Waals surface area contributed by atoms with Crippen molar-refractivity contribution in [2.75, 3.05) is 0 Å². The van der Waals surface area contributed by atoms with Crippen LogP contribution in [0.3, 0.4) is 0 Å². The van der Waals surface area contributed by atoms with Crippen molar-refractivity contribution in [1.82, 2.24) is 10.3 Å². The molecule has 1 amide bonds. The van der Waals surface area contributed by atoms with Gasteiger partial charge in [-0.05, 0) is 36.0 Å². The number of nitrogens with zero attached hydrogens (tertiary/aromatic N) is 1. The number of hydrogen-bond acceptors (Lipinski definition) is 4. The molecule has 1 heterocycles. The first-order valence-corrected chi connectivity index (χ1v) is 9.49. The summed E-state index contributed by atoms with van der Waals surface area (Å²) in [6.07, 6.45) is 1.32. The predicted molar refractivity (Wildman–Crippen MR) is 111 cm³/mol. The maximum Gasteiger partial charge on any atom is 0.405 e. The Morgan fingerprint density at radius 2 is 1.73 bits per heavy atom. The molecule has 0 aliphatic heterocycles. The van der Waals surface area contributed by atoms with E-state index < -0.39 is 27.8 Å². The van der Waals surface area contributed by atoms with E-state index in [4.69, 9.17) is 5.11 Å². The average Bonchev–Trinajstić information content (AvgIpc) is 2.71. The topological polar surface area (TPSA) is 125 Å². The summed E-state index contributed by atoms with van der Waals surface area (Å²) in [5.74, 6) is 0. The van der Waals surface area contributed by atoms with E-state index in [-0.39, 0.29) is 0 Å². The number of rotatable bonds is 5. The lowest BCUT2D eigenvalue weighted by Gasteiger charge is -2.42. The lowest BCUT2D eigenvalue weighted by atomic mass is 9.71. The molecule has 2 aromatic carbocycles. The summed E-state index contributed by atoms with van der Waals surface area (Å²) in [5, 5.41) is 23.1. The van der Waals surface area contributed by atoms with Gasteiger partial charge in [0, 0.05) is 11.6 Å². The number of hydrogen-bond donors (Lipinski definition) is 3. The Hall–Kier alpha value is -3.94. The van der Waals surface area contributed by atoms with Crippen molar-refractivity contribution >= 4 is 11.8 Å². The van der Waals surface area contributed by atoms with Gasteiger partial charge < -0.3 is 15.4 Å². The quantitative estimate of drug-likeness (QED) is 0.432. The van der Waals surface area contributed by atoms with Gasteiger partial charge in [0.25, 0.3) is 0 Å². The maximum atomic E-state index is 12.3.